The lowest BCUT2D eigenvalue weighted by atomic mass is 10.3. The van der Waals surface area contributed by atoms with E-state index in [1.807, 2.05) is 0 Å². The highest BCUT2D eigenvalue weighted by Crippen LogP contribution is 2.25. The Balaban J connectivity index is 1.38. The minimum absolute atomic E-state index is 0.172. The predicted molar refractivity (Wildman–Crippen MR) is 122 cm³/mol. The molecule has 1 aromatic carbocycles. The fourth-order valence-corrected chi connectivity index (χ4v) is 5.06. The third-order valence-electron chi connectivity index (χ3n) is 4.21. The number of hydrogen-bond donors (Lipinski definition) is 3. The maximum atomic E-state index is 12.6. The Labute approximate surface area is 188 Å². The van der Waals surface area contributed by atoms with E-state index in [1.54, 1.807) is 65.6 Å². The Hall–Kier alpha value is -3.77. The summed E-state index contributed by atoms with van der Waals surface area (Å²) in [5.74, 6) is 0.966. The van der Waals surface area contributed by atoms with E-state index in [4.69, 9.17) is 0 Å². The Morgan fingerprint density at radius 3 is 2.47 bits per heavy atom. The molecular weight excluding hydrogens is 450 g/mol. The molecule has 0 fully saturated rings. The highest BCUT2D eigenvalue weighted by molar-refractivity contribution is 7.94. The number of hydrogen-bond acceptors (Lipinski definition) is 8. The molecule has 0 unspecified atom stereocenters. The topological polar surface area (TPSA) is 131 Å². The second-order valence-electron chi connectivity index (χ2n) is 6.67. The van der Waals surface area contributed by atoms with E-state index in [2.05, 4.69) is 30.7 Å². The minimum Gasteiger partial charge on any atom is -0.351 e. The van der Waals surface area contributed by atoms with Gasteiger partial charge in [0.15, 0.2) is 11.6 Å². The lowest BCUT2D eigenvalue weighted by Crippen LogP contribution is -2.18. The fraction of sp³-hybridized carbons (Fsp3) is 0.100. The summed E-state index contributed by atoms with van der Waals surface area (Å²) < 4.78 is 29.6. The minimum atomic E-state index is -3.72. The fourth-order valence-electron chi connectivity index (χ4n) is 2.70. The number of thiophene rings is 1. The number of amides is 1. The van der Waals surface area contributed by atoms with Gasteiger partial charge < -0.3 is 10.6 Å². The van der Waals surface area contributed by atoms with E-state index in [1.165, 1.54) is 13.0 Å². The second kappa shape index (κ2) is 9.16. The quantitative estimate of drug-likeness (QED) is 0.362. The van der Waals surface area contributed by atoms with Crippen LogP contribution in [0.3, 0.4) is 0 Å². The van der Waals surface area contributed by atoms with Crippen LogP contribution in [0.2, 0.25) is 0 Å². The molecule has 1 amide bonds. The van der Waals surface area contributed by atoms with Gasteiger partial charge in [-0.25, -0.2) is 13.1 Å². The van der Waals surface area contributed by atoms with Crippen molar-refractivity contribution in [2.45, 2.75) is 17.7 Å². The molecule has 0 aliphatic carbocycles. The van der Waals surface area contributed by atoms with Crippen molar-refractivity contribution in [1.29, 1.82) is 0 Å². The first kappa shape index (κ1) is 21.5. The molecule has 4 aromatic rings. The Morgan fingerprint density at radius 1 is 1.03 bits per heavy atom. The average Bonchev–Trinajstić information content (AvgIpc) is 3.47. The van der Waals surface area contributed by atoms with Gasteiger partial charge in [-0.3, -0.25) is 9.52 Å². The molecule has 0 aliphatic rings. The molecule has 0 bridgehead atoms. The van der Waals surface area contributed by atoms with Crippen molar-refractivity contribution in [2.75, 3.05) is 10.0 Å². The van der Waals surface area contributed by atoms with Crippen molar-refractivity contribution in [2.24, 2.45) is 0 Å². The van der Waals surface area contributed by atoms with Crippen LogP contribution in [0.15, 0.2) is 71.2 Å². The summed E-state index contributed by atoms with van der Waals surface area (Å²) in [4.78, 5) is 11.8. The van der Waals surface area contributed by atoms with Gasteiger partial charge in [-0.05, 0) is 54.6 Å². The number of rotatable bonds is 8. The lowest BCUT2D eigenvalue weighted by Gasteiger charge is -2.09. The van der Waals surface area contributed by atoms with Crippen LogP contribution in [0.5, 0.6) is 0 Å². The van der Waals surface area contributed by atoms with Crippen molar-refractivity contribution < 1.29 is 13.2 Å². The number of carbonyl (C=O) groups excluding carboxylic acids is 1. The highest BCUT2D eigenvalue weighted by Gasteiger charge is 2.17. The van der Waals surface area contributed by atoms with E-state index >= 15 is 0 Å². The summed E-state index contributed by atoms with van der Waals surface area (Å²) >= 11 is 1.11. The number of benzene rings is 1. The largest absolute Gasteiger partial charge is 0.351 e. The van der Waals surface area contributed by atoms with E-state index in [0.717, 1.165) is 21.9 Å². The van der Waals surface area contributed by atoms with Crippen LogP contribution in [-0.4, -0.2) is 34.3 Å². The van der Waals surface area contributed by atoms with E-state index in [0.29, 0.717) is 23.9 Å². The van der Waals surface area contributed by atoms with Crippen molar-refractivity contribution >= 4 is 44.5 Å². The third kappa shape index (κ3) is 5.28. The van der Waals surface area contributed by atoms with Crippen molar-refractivity contribution in [1.82, 2.24) is 25.3 Å². The molecule has 32 heavy (non-hydrogen) atoms. The molecule has 10 nitrogen and oxygen atoms in total. The van der Waals surface area contributed by atoms with Crippen LogP contribution < -0.4 is 15.4 Å². The van der Waals surface area contributed by atoms with E-state index < -0.39 is 10.0 Å². The first-order valence-corrected chi connectivity index (χ1v) is 11.8. The van der Waals surface area contributed by atoms with Gasteiger partial charge in [0, 0.05) is 35.6 Å². The zero-order valence-corrected chi connectivity index (χ0v) is 18.5. The SMILES string of the molecule is CC(=O)NCc1ccc(S(=O)(=O)Nc2ccc(Nc3ccc(-n4cccn4)nn3)cc2)s1. The van der Waals surface area contributed by atoms with Gasteiger partial charge in [0.1, 0.15) is 4.21 Å². The van der Waals surface area contributed by atoms with Crippen LogP contribution in [0.1, 0.15) is 11.8 Å². The molecule has 4 rings (SSSR count). The summed E-state index contributed by atoms with van der Waals surface area (Å²) in [6, 6.07) is 15.3. The maximum absolute atomic E-state index is 12.6. The normalized spacial score (nSPS) is 11.2. The number of carbonyl (C=O) groups is 1. The third-order valence-corrected chi connectivity index (χ3v) is 7.17. The van der Waals surface area contributed by atoms with Gasteiger partial charge in [0.25, 0.3) is 10.0 Å². The Kier molecular flexibility index (Phi) is 6.14. The summed E-state index contributed by atoms with van der Waals surface area (Å²) in [7, 11) is -3.72. The zero-order chi connectivity index (χ0) is 22.6. The molecule has 12 heteroatoms. The van der Waals surface area contributed by atoms with Gasteiger partial charge in [-0.1, -0.05) is 0 Å². The smallest absolute Gasteiger partial charge is 0.271 e. The first-order valence-electron chi connectivity index (χ1n) is 9.46. The Morgan fingerprint density at radius 2 is 1.81 bits per heavy atom. The molecule has 3 N–H and O–H groups in total. The summed E-state index contributed by atoms with van der Waals surface area (Å²) in [5.41, 5.74) is 1.15. The van der Waals surface area contributed by atoms with Gasteiger partial charge in [-0.15, -0.1) is 21.5 Å². The van der Waals surface area contributed by atoms with Gasteiger partial charge in [0.2, 0.25) is 5.91 Å². The predicted octanol–water partition coefficient (Wildman–Crippen LogP) is 2.90. The molecule has 3 heterocycles. The second-order valence-corrected chi connectivity index (χ2v) is 9.74. The lowest BCUT2D eigenvalue weighted by molar-refractivity contribution is -0.119. The Bertz CT molecular complexity index is 1300. The monoisotopic (exact) mass is 469 g/mol. The number of nitrogens with one attached hydrogen (secondary N) is 3. The highest BCUT2D eigenvalue weighted by atomic mass is 32.2. The first-order chi connectivity index (χ1) is 15.4. The zero-order valence-electron chi connectivity index (χ0n) is 16.9. The van der Waals surface area contributed by atoms with Gasteiger partial charge in [0.05, 0.1) is 6.54 Å². The van der Waals surface area contributed by atoms with Crippen molar-refractivity contribution in [3.05, 3.63) is 71.9 Å². The summed E-state index contributed by atoms with van der Waals surface area (Å²) in [6.45, 7) is 1.70. The molecule has 0 radical (unpaired) electrons. The van der Waals surface area contributed by atoms with Crippen LogP contribution in [-0.2, 0) is 21.4 Å². The molecule has 0 aliphatic heterocycles. The van der Waals surface area contributed by atoms with E-state index in [-0.39, 0.29) is 10.1 Å². The van der Waals surface area contributed by atoms with Crippen molar-refractivity contribution in [3.63, 3.8) is 0 Å². The molecule has 3 aromatic heterocycles. The molecular formula is C20H19N7O3S2. The van der Waals surface area contributed by atoms with Crippen LogP contribution in [0.25, 0.3) is 5.82 Å². The van der Waals surface area contributed by atoms with E-state index in [9.17, 15) is 13.2 Å². The number of anilines is 3. The van der Waals surface area contributed by atoms with Crippen LogP contribution in [0.4, 0.5) is 17.2 Å². The molecule has 0 saturated carbocycles. The van der Waals surface area contributed by atoms with Crippen molar-refractivity contribution in [3.8, 4) is 5.82 Å². The summed E-state index contributed by atoms with van der Waals surface area (Å²) in [6.07, 6.45) is 3.43. The van der Waals surface area contributed by atoms with Crippen LogP contribution in [0, 0.1) is 0 Å². The standard InChI is InChI=1S/C20H19N7O3S2/c1-14(28)21-13-17-7-10-20(31-17)32(29,30)26-16-5-3-15(4-6-16)23-18-8-9-19(25-24-18)27-12-2-11-22-27/h2-12,26H,13H2,1H3,(H,21,28)(H,23,24). The number of nitrogens with zero attached hydrogens (tertiary/aromatic N) is 4. The number of sulfonamides is 1. The number of aromatic nitrogens is 4. The average molecular weight is 470 g/mol. The molecule has 164 valence electrons. The molecule has 0 spiro atoms. The van der Waals surface area contributed by atoms with Crippen LogP contribution >= 0.6 is 11.3 Å². The molecule has 0 saturated heterocycles. The van der Waals surface area contributed by atoms with Gasteiger partial charge in [-0.2, -0.15) is 5.10 Å². The summed E-state index contributed by atoms with van der Waals surface area (Å²) in [5, 5.41) is 18.1. The maximum Gasteiger partial charge on any atom is 0.271 e. The van der Waals surface area contributed by atoms with Gasteiger partial charge >= 0.3 is 0 Å². The molecule has 0 atom stereocenters.